The van der Waals surface area contributed by atoms with Crippen LogP contribution >= 0.6 is 0 Å². The Morgan fingerprint density at radius 2 is 1.94 bits per heavy atom. The Morgan fingerprint density at radius 3 is 2.74 bits per heavy atom. The highest BCUT2D eigenvalue weighted by Crippen LogP contribution is 2.36. The lowest BCUT2D eigenvalue weighted by Crippen LogP contribution is -2.47. The van der Waals surface area contributed by atoms with Crippen LogP contribution in [-0.2, 0) is 0 Å². The van der Waals surface area contributed by atoms with E-state index in [-0.39, 0.29) is 42.7 Å². The van der Waals surface area contributed by atoms with Gasteiger partial charge in [0.25, 0.3) is 0 Å². The number of hydrogen-bond acceptors (Lipinski definition) is 5. The van der Waals surface area contributed by atoms with Crippen molar-refractivity contribution in [2.75, 3.05) is 30.3 Å². The van der Waals surface area contributed by atoms with Crippen LogP contribution in [0.5, 0.6) is 0 Å². The number of nitrogens with one attached hydrogen (secondary N) is 3. The summed E-state index contributed by atoms with van der Waals surface area (Å²) in [6, 6.07) is 1.47. The summed E-state index contributed by atoms with van der Waals surface area (Å²) in [6.45, 7) is 0.772. The molecule has 0 bridgehead atoms. The molecule has 182 valence electrons. The number of halogens is 4. The molecule has 2 amide bonds. The Bertz CT molecular complexity index is 1090. The normalized spacial score (nSPS) is 26.2. The molecule has 2 fully saturated rings. The standard InChI is InChI=1S/C23H26F4N6O/c24-12-4-5-33(11-12)23(34)31-15-3-1-2-14(7-15)30-22-19(27)8-18(26)20(32-22)17-10-29-21-16(17)6-13(25)9-28-21/h6,8-9,12,14-15,17H,1-5,7,10-11H2,(H,28,29)(H,30,32)(H,31,34)/t12-,14?,15?,17?/m0/s1. The van der Waals surface area contributed by atoms with E-state index in [1.54, 1.807) is 0 Å². The quantitative estimate of drug-likeness (QED) is 0.581. The number of urea groups is 1. The van der Waals surface area contributed by atoms with Crippen LogP contribution < -0.4 is 16.0 Å². The highest BCUT2D eigenvalue weighted by atomic mass is 19.1. The summed E-state index contributed by atoms with van der Waals surface area (Å²) in [5.74, 6) is -2.39. The highest BCUT2D eigenvalue weighted by molar-refractivity contribution is 5.75. The smallest absolute Gasteiger partial charge is 0.317 e. The second-order valence-corrected chi connectivity index (χ2v) is 9.20. The molecule has 4 heterocycles. The first kappa shape index (κ1) is 22.7. The maximum absolute atomic E-state index is 14.7. The van der Waals surface area contributed by atoms with Gasteiger partial charge in [0, 0.05) is 36.8 Å². The lowest BCUT2D eigenvalue weighted by molar-refractivity contribution is 0.195. The molecule has 11 heteroatoms. The van der Waals surface area contributed by atoms with Gasteiger partial charge in [-0.15, -0.1) is 0 Å². The van der Waals surface area contributed by atoms with Crippen molar-refractivity contribution < 1.29 is 22.4 Å². The van der Waals surface area contributed by atoms with Gasteiger partial charge in [0.05, 0.1) is 24.4 Å². The zero-order chi connectivity index (χ0) is 23.8. The predicted molar refractivity (Wildman–Crippen MR) is 118 cm³/mol. The largest absolute Gasteiger partial charge is 0.369 e. The van der Waals surface area contributed by atoms with Crippen LogP contribution in [0.3, 0.4) is 0 Å². The van der Waals surface area contributed by atoms with E-state index in [0.29, 0.717) is 30.8 Å². The Morgan fingerprint density at radius 1 is 1.12 bits per heavy atom. The first-order chi connectivity index (χ1) is 16.4. The monoisotopic (exact) mass is 478 g/mol. The third kappa shape index (κ3) is 4.60. The Labute approximate surface area is 194 Å². The third-order valence-corrected chi connectivity index (χ3v) is 6.78. The lowest BCUT2D eigenvalue weighted by atomic mass is 9.91. The predicted octanol–water partition coefficient (Wildman–Crippen LogP) is 3.93. The summed E-state index contributed by atoms with van der Waals surface area (Å²) in [5.41, 5.74) is 0.486. The molecule has 0 aromatic carbocycles. The van der Waals surface area contributed by atoms with Crippen molar-refractivity contribution in [1.82, 2.24) is 20.2 Å². The molecule has 4 atom stereocenters. The van der Waals surface area contributed by atoms with Crippen molar-refractivity contribution in [2.24, 2.45) is 0 Å². The maximum Gasteiger partial charge on any atom is 0.317 e. The molecule has 0 radical (unpaired) electrons. The van der Waals surface area contributed by atoms with Crippen LogP contribution in [0.2, 0.25) is 0 Å². The molecular formula is C23H26F4N6O. The van der Waals surface area contributed by atoms with Crippen LogP contribution in [0, 0.1) is 17.5 Å². The minimum atomic E-state index is -0.984. The van der Waals surface area contributed by atoms with Gasteiger partial charge in [0.15, 0.2) is 11.6 Å². The minimum Gasteiger partial charge on any atom is -0.369 e. The van der Waals surface area contributed by atoms with Gasteiger partial charge in [-0.3, -0.25) is 0 Å². The van der Waals surface area contributed by atoms with Gasteiger partial charge in [-0.1, -0.05) is 0 Å². The Kier molecular flexibility index (Phi) is 6.18. The molecule has 34 heavy (non-hydrogen) atoms. The number of aromatic nitrogens is 2. The molecule has 1 saturated heterocycles. The molecule has 2 aromatic heterocycles. The average Bonchev–Trinajstić information content (AvgIpc) is 3.42. The number of pyridine rings is 2. The summed E-state index contributed by atoms with van der Waals surface area (Å²) in [5, 5.41) is 9.02. The molecule has 7 nitrogen and oxygen atoms in total. The number of nitrogens with zero attached hydrogens (tertiary/aromatic N) is 3. The zero-order valence-electron chi connectivity index (χ0n) is 18.5. The molecule has 2 aliphatic heterocycles. The van der Waals surface area contributed by atoms with Crippen LogP contribution in [0.4, 0.5) is 34.0 Å². The molecular weight excluding hydrogens is 452 g/mol. The van der Waals surface area contributed by atoms with E-state index in [9.17, 15) is 22.4 Å². The first-order valence-corrected chi connectivity index (χ1v) is 11.6. The van der Waals surface area contributed by atoms with E-state index < -0.39 is 29.5 Å². The molecule has 3 unspecified atom stereocenters. The maximum atomic E-state index is 14.7. The fourth-order valence-corrected chi connectivity index (χ4v) is 5.06. The fourth-order valence-electron chi connectivity index (χ4n) is 5.06. The van der Waals surface area contributed by atoms with Gasteiger partial charge in [0.1, 0.15) is 23.6 Å². The van der Waals surface area contributed by atoms with Gasteiger partial charge < -0.3 is 20.9 Å². The molecule has 0 spiro atoms. The molecule has 3 N–H and O–H groups in total. The SMILES string of the molecule is O=C(NC1CCCC(Nc2nc(C3CNc4ncc(F)cc43)c(F)cc2F)C1)N1CC[C@H](F)C1. The molecule has 5 rings (SSSR count). The Hall–Kier alpha value is -3.11. The minimum absolute atomic E-state index is 0.0121. The average molecular weight is 478 g/mol. The van der Waals surface area contributed by atoms with Crippen molar-refractivity contribution in [1.29, 1.82) is 0 Å². The number of likely N-dealkylation sites (tertiary alicyclic amines) is 1. The van der Waals surface area contributed by atoms with E-state index in [1.165, 1.54) is 11.0 Å². The fraction of sp³-hybridized carbons (Fsp3) is 0.522. The van der Waals surface area contributed by atoms with Gasteiger partial charge in [-0.05, 0) is 38.2 Å². The van der Waals surface area contributed by atoms with Crippen molar-refractivity contribution >= 4 is 17.7 Å². The second-order valence-electron chi connectivity index (χ2n) is 9.20. The number of fused-ring (bicyclic) bond motifs is 1. The number of amides is 2. The summed E-state index contributed by atoms with van der Waals surface area (Å²) in [4.78, 5) is 22.1. The summed E-state index contributed by atoms with van der Waals surface area (Å²) in [7, 11) is 0. The van der Waals surface area contributed by atoms with Gasteiger partial charge >= 0.3 is 6.03 Å². The summed E-state index contributed by atoms with van der Waals surface area (Å²) in [6.07, 6.45) is 3.29. The van der Waals surface area contributed by atoms with Crippen LogP contribution in [0.15, 0.2) is 18.3 Å². The van der Waals surface area contributed by atoms with Crippen LogP contribution in [0.1, 0.15) is 49.3 Å². The molecule has 1 aliphatic carbocycles. The number of alkyl halides is 1. The van der Waals surface area contributed by atoms with Gasteiger partial charge in [-0.2, -0.15) is 0 Å². The van der Waals surface area contributed by atoms with E-state index >= 15 is 0 Å². The lowest BCUT2D eigenvalue weighted by Gasteiger charge is -2.32. The summed E-state index contributed by atoms with van der Waals surface area (Å²) < 4.78 is 56.4. The number of anilines is 2. The van der Waals surface area contributed by atoms with Gasteiger partial charge in [0.2, 0.25) is 0 Å². The van der Waals surface area contributed by atoms with Crippen LogP contribution in [0.25, 0.3) is 0 Å². The second kappa shape index (κ2) is 9.27. The molecule has 3 aliphatic rings. The molecule has 2 aromatic rings. The van der Waals surface area contributed by atoms with Crippen molar-refractivity contribution in [2.45, 2.75) is 56.3 Å². The number of hydrogen-bond donors (Lipinski definition) is 3. The van der Waals surface area contributed by atoms with E-state index in [2.05, 4.69) is 25.9 Å². The number of rotatable bonds is 4. The van der Waals surface area contributed by atoms with Crippen molar-refractivity contribution in [3.8, 4) is 0 Å². The highest BCUT2D eigenvalue weighted by Gasteiger charge is 2.32. The first-order valence-electron chi connectivity index (χ1n) is 11.6. The van der Waals surface area contributed by atoms with E-state index in [1.807, 2.05) is 0 Å². The topological polar surface area (TPSA) is 82.2 Å². The number of carbonyl (C=O) groups is 1. The zero-order valence-corrected chi connectivity index (χ0v) is 18.5. The van der Waals surface area contributed by atoms with E-state index in [0.717, 1.165) is 31.5 Å². The third-order valence-electron chi connectivity index (χ3n) is 6.78. The van der Waals surface area contributed by atoms with Crippen molar-refractivity contribution in [3.05, 3.63) is 47.0 Å². The van der Waals surface area contributed by atoms with Crippen LogP contribution in [-0.4, -0.2) is 58.8 Å². The molecule has 1 saturated carbocycles. The number of carbonyl (C=O) groups excluding carboxylic acids is 1. The summed E-state index contributed by atoms with van der Waals surface area (Å²) >= 11 is 0. The Balaban J connectivity index is 1.28. The van der Waals surface area contributed by atoms with Gasteiger partial charge in [-0.25, -0.2) is 32.3 Å². The van der Waals surface area contributed by atoms with Crippen molar-refractivity contribution in [3.63, 3.8) is 0 Å². The van der Waals surface area contributed by atoms with E-state index in [4.69, 9.17) is 0 Å².